The van der Waals surface area contributed by atoms with Crippen LogP contribution in [-0.4, -0.2) is 5.78 Å². The first-order valence-electron chi connectivity index (χ1n) is 9.60. The van der Waals surface area contributed by atoms with Crippen LogP contribution in [0.5, 0.6) is 5.75 Å². The largest absolute Gasteiger partial charge is 2.00 e. The first kappa shape index (κ1) is 23.2. The standard InChI is InChI=1S/C22H19O2.C5H5.Fe/c1-17-11-13-20(21(23)14-12-18-7-5-6-8-18)22(15-17)24-16-19-9-3-2-4-10-19;1-2-4-5-3-1;/h2-15H,16H2,1H3;1-5H;/q2*-1;+2. The predicted molar refractivity (Wildman–Crippen MR) is 119 cm³/mol. The fraction of sp³-hybridized carbons (Fsp3) is 0.0741. The van der Waals surface area contributed by atoms with Gasteiger partial charge in [0.1, 0.15) is 12.4 Å². The Labute approximate surface area is 189 Å². The van der Waals surface area contributed by atoms with Gasteiger partial charge in [-0.05, 0) is 30.2 Å². The van der Waals surface area contributed by atoms with E-state index in [1.54, 1.807) is 6.08 Å². The summed E-state index contributed by atoms with van der Waals surface area (Å²) in [5, 5.41) is 0. The molecule has 0 aliphatic carbocycles. The second kappa shape index (κ2) is 12.4. The summed E-state index contributed by atoms with van der Waals surface area (Å²) >= 11 is 0. The van der Waals surface area contributed by atoms with Gasteiger partial charge in [-0.25, -0.2) is 12.1 Å². The van der Waals surface area contributed by atoms with Gasteiger partial charge in [-0.2, -0.15) is 42.0 Å². The quantitative estimate of drug-likeness (QED) is 0.148. The first-order chi connectivity index (χ1) is 14.2. The second-order valence-corrected chi connectivity index (χ2v) is 6.65. The molecule has 0 bridgehead atoms. The Bertz CT molecular complexity index is 997. The predicted octanol–water partition coefficient (Wildman–Crippen LogP) is 6.59. The Balaban J connectivity index is 0.000000468. The molecule has 2 nitrogen and oxygen atoms in total. The summed E-state index contributed by atoms with van der Waals surface area (Å²) in [4.78, 5) is 12.5. The van der Waals surface area contributed by atoms with Crippen molar-refractivity contribution in [3.63, 3.8) is 0 Å². The molecule has 0 amide bonds. The van der Waals surface area contributed by atoms with Crippen LogP contribution in [0.15, 0.2) is 109 Å². The fourth-order valence-corrected chi connectivity index (χ4v) is 2.77. The average molecular weight is 436 g/mol. The Morgan fingerprint density at radius 1 is 0.933 bits per heavy atom. The van der Waals surface area contributed by atoms with Gasteiger partial charge in [0.05, 0.1) is 5.56 Å². The maximum Gasteiger partial charge on any atom is 2.00 e. The van der Waals surface area contributed by atoms with Gasteiger partial charge >= 0.3 is 17.1 Å². The van der Waals surface area contributed by atoms with Crippen LogP contribution in [0.1, 0.15) is 27.0 Å². The zero-order valence-corrected chi connectivity index (χ0v) is 18.0. The monoisotopic (exact) mass is 436 g/mol. The minimum Gasteiger partial charge on any atom is -0.488 e. The van der Waals surface area contributed by atoms with Crippen LogP contribution >= 0.6 is 0 Å². The molecule has 0 spiro atoms. The molecule has 0 atom stereocenters. The van der Waals surface area contributed by atoms with Gasteiger partial charge in [0, 0.05) is 0 Å². The van der Waals surface area contributed by atoms with Crippen LogP contribution in [0.2, 0.25) is 0 Å². The molecular weight excluding hydrogens is 412 g/mol. The fourth-order valence-electron chi connectivity index (χ4n) is 2.77. The number of rotatable bonds is 6. The SMILES string of the molecule is Cc1ccc(C(=O)C=Cc2ccc[cH-]2)c(OCc2ccccc2)c1.[Fe+2].c1cc[cH-]c1. The van der Waals surface area contributed by atoms with E-state index in [0.717, 1.165) is 16.7 Å². The van der Waals surface area contributed by atoms with Crippen LogP contribution in [-0.2, 0) is 23.7 Å². The third-order valence-corrected chi connectivity index (χ3v) is 4.31. The van der Waals surface area contributed by atoms with E-state index < -0.39 is 0 Å². The van der Waals surface area contributed by atoms with E-state index in [4.69, 9.17) is 4.74 Å². The molecule has 0 saturated heterocycles. The van der Waals surface area contributed by atoms with Crippen molar-refractivity contribution in [3.05, 3.63) is 131 Å². The number of allylic oxidation sites excluding steroid dienone is 1. The molecule has 0 saturated carbocycles. The molecule has 0 radical (unpaired) electrons. The summed E-state index contributed by atoms with van der Waals surface area (Å²) in [5.74, 6) is 0.565. The summed E-state index contributed by atoms with van der Waals surface area (Å²) in [6.45, 7) is 2.43. The van der Waals surface area contributed by atoms with Crippen molar-refractivity contribution in [1.82, 2.24) is 0 Å². The van der Waals surface area contributed by atoms with E-state index >= 15 is 0 Å². The van der Waals surface area contributed by atoms with E-state index in [0.29, 0.717) is 17.9 Å². The van der Waals surface area contributed by atoms with Gasteiger partial charge in [0.25, 0.3) is 0 Å². The van der Waals surface area contributed by atoms with Crippen LogP contribution in [0, 0.1) is 6.92 Å². The Kier molecular flexibility index (Phi) is 9.60. The van der Waals surface area contributed by atoms with Crippen LogP contribution < -0.4 is 4.74 Å². The Morgan fingerprint density at radius 2 is 1.70 bits per heavy atom. The van der Waals surface area contributed by atoms with Crippen molar-refractivity contribution in [2.24, 2.45) is 0 Å². The number of carbonyl (C=O) groups excluding carboxylic acids is 1. The topological polar surface area (TPSA) is 26.3 Å². The van der Waals surface area contributed by atoms with Crippen LogP contribution in [0.3, 0.4) is 0 Å². The summed E-state index contributed by atoms with van der Waals surface area (Å²) in [6, 6.07) is 33.4. The maximum atomic E-state index is 12.5. The van der Waals surface area contributed by atoms with Crippen molar-refractivity contribution >= 4 is 11.9 Å². The van der Waals surface area contributed by atoms with Crippen molar-refractivity contribution in [2.75, 3.05) is 0 Å². The number of benzene rings is 2. The van der Waals surface area contributed by atoms with E-state index in [1.807, 2.05) is 116 Å². The minimum absolute atomic E-state index is 0. The summed E-state index contributed by atoms with van der Waals surface area (Å²) in [7, 11) is 0. The molecule has 0 unspecified atom stereocenters. The number of hydrogen-bond acceptors (Lipinski definition) is 2. The van der Waals surface area contributed by atoms with Gasteiger partial charge in [0.15, 0.2) is 5.78 Å². The molecule has 0 heterocycles. The van der Waals surface area contributed by atoms with Crippen molar-refractivity contribution in [2.45, 2.75) is 13.5 Å². The summed E-state index contributed by atoms with van der Waals surface area (Å²) < 4.78 is 5.91. The number of aryl methyl sites for hydroxylation is 1. The number of carbonyl (C=O) groups is 1. The minimum atomic E-state index is -0.0562. The van der Waals surface area contributed by atoms with Crippen LogP contribution in [0.4, 0.5) is 0 Å². The molecule has 0 N–H and O–H groups in total. The third-order valence-electron chi connectivity index (χ3n) is 4.31. The molecule has 4 rings (SSSR count). The smallest absolute Gasteiger partial charge is 0.488 e. The Morgan fingerprint density at radius 3 is 2.33 bits per heavy atom. The zero-order valence-electron chi connectivity index (χ0n) is 16.8. The Hall–Kier alpha value is -3.13. The number of ether oxygens (including phenoxy) is 1. The molecule has 0 aliphatic rings. The second-order valence-electron chi connectivity index (χ2n) is 6.65. The number of ketones is 1. The van der Waals surface area contributed by atoms with E-state index in [1.165, 1.54) is 0 Å². The van der Waals surface area contributed by atoms with Gasteiger partial charge in [-0.15, -0.1) is 12.1 Å². The van der Waals surface area contributed by atoms with Crippen LogP contribution in [0.25, 0.3) is 6.08 Å². The number of hydrogen-bond donors (Lipinski definition) is 0. The summed E-state index contributed by atoms with van der Waals surface area (Å²) in [6.07, 6.45) is 3.42. The van der Waals surface area contributed by atoms with Gasteiger partial charge in [0.2, 0.25) is 0 Å². The van der Waals surface area contributed by atoms with Gasteiger partial charge in [-0.1, -0.05) is 42.5 Å². The molecule has 0 aliphatic heterocycles. The first-order valence-corrected chi connectivity index (χ1v) is 9.60. The van der Waals surface area contributed by atoms with E-state index in [9.17, 15) is 4.79 Å². The van der Waals surface area contributed by atoms with Gasteiger partial charge < -0.3 is 4.74 Å². The molecule has 3 heteroatoms. The van der Waals surface area contributed by atoms with E-state index in [2.05, 4.69) is 0 Å². The van der Waals surface area contributed by atoms with E-state index in [-0.39, 0.29) is 22.9 Å². The summed E-state index contributed by atoms with van der Waals surface area (Å²) in [5.41, 5.74) is 3.74. The average Bonchev–Trinajstić information content (AvgIpc) is 3.48. The van der Waals surface area contributed by atoms with Crippen molar-refractivity contribution < 1.29 is 26.6 Å². The third kappa shape index (κ3) is 7.36. The molecular formula is C27H24FeO2. The zero-order chi connectivity index (χ0) is 20.3. The molecule has 30 heavy (non-hydrogen) atoms. The van der Waals surface area contributed by atoms with Gasteiger partial charge in [-0.3, -0.25) is 4.79 Å². The normalized spacial score (nSPS) is 10.0. The van der Waals surface area contributed by atoms with Crippen molar-refractivity contribution in [1.29, 1.82) is 0 Å². The van der Waals surface area contributed by atoms with Crippen molar-refractivity contribution in [3.8, 4) is 5.75 Å². The maximum absolute atomic E-state index is 12.5. The molecule has 0 aromatic heterocycles. The molecule has 0 fully saturated rings. The molecule has 4 aromatic carbocycles. The molecule has 152 valence electrons. The molecule has 4 aromatic rings.